The first-order chi connectivity index (χ1) is 4.56. The molecular weight excluding hydrogens is 126 g/mol. The van der Waals surface area contributed by atoms with Gasteiger partial charge in [0, 0.05) is 12.3 Å². The van der Waals surface area contributed by atoms with Gasteiger partial charge < -0.3 is 4.74 Å². The van der Waals surface area contributed by atoms with Crippen molar-refractivity contribution in [2.24, 2.45) is 10.4 Å². The molecule has 0 aromatic heterocycles. The molecule has 0 aromatic rings. The summed E-state index contributed by atoms with van der Waals surface area (Å²) in [5.74, 6) is 0.859. The largest absolute Gasteiger partial charge is 0.474 e. The lowest BCUT2D eigenvalue weighted by atomic mass is 10.1. The van der Waals surface area contributed by atoms with E-state index in [1.165, 1.54) is 6.42 Å². The Bertz CT molecular complexity index is 211. The zero-order valence-corrected chi connectivity index (χ0v) is 6.77. The van der Waals surface area contributed by atoms with Crippen LogP contribution in [-0.2, 0) is 4.74 Å². The van der Waals surface area contributed by atoms with E-state index in [0.29, 0.717) is 5.41 Å². The van der Waals surface area contributed by atoms with Crippen LogP contribution in [0.4, 0.5) is 0 Å². The van der Waals surface area contributed by atoms with Gasteiger partial charge in [0.1, 0.15) is 5.60 Å². The van der Waals surface area contributed by atoms with E-state index in [0.717, 1.165) is 12.4 Å². The van der Waals surface area contributed by atoms with Gasteiger partial charge in [-0.05, 0) is 13.3 Å². The summed E-state index contributed by atoms with van der Waals surface area (Å²) in [5.41, 5.74) is 0.478. The molecule has 1 aliphatic heterocycles. The minimum atomic E-state index is 0.124. The average Bonchev–Trinajstić information content (AvgIpc) is 2.33. The quantitative estimate of drug-likeness (QED) is 0.499. The first-order valence-electron chi connectivity index (χ1n) is 3.76. The molecule has 0 saturated heterocycles. The second-order valence-corrected chi connectivity index (χ2v) is 3.91. The maximum Gasteiger partial charge on any atom is 0.180 e. The predicted octanol–water partition coefficient (Wildman–Crippen LogP) is 1.60. The fourth-order valence-electron chi connectivity index (χ4n) is 1.73. The number of hydrogen-bond acceptors (Lipinski definition) is 2. The molecule has 2 unspecified atom stereocenters. The lowest BCUT2D eigenvalue weighted by Crippen LogP contribution is -2.28. The van der Waals surface area contributed by atoms with Gasteiger partial charge in [0.15, 0.2) is 5.90 Å². The third-order valence-corrected chi connectivity index (χ3v) is 2.90. The molecule has 1 heterocycles. The average molecular weight is 139 g/mol. The highest BCUT2D eigenvalue weighted by Gasteiger charge is 2.65. The molecule has 1 saturated carbocycles. The zero-order chi connectivity index (χ0) is 7.41. The Kier molecular flexibility index (Phi) is 0.859. The molecule has 10 heavy (non-hydrogen) atoms. The second kappa shape index (κ2) is 1.39. The molecule has 0 spiro atoms. The Balaban J connectivity index is 2.25. The van der Waals surface area contributed by atoms with Crippen molar-refractivity contribution in [2.75, 3.05) is 6.54 Å². The first-order valence-corrected chi connectivity index (χ1v) is 3.76. The summed E-state index contributed by atoms with van der Waals surface area (Å²) in [5, 5.41) is 0. The molecule has 2 nitrogen and oxygen atoms in total. The number of rotatable bonds is 0. The molecule has 2 atom stereocenters. The molecule has 56 valence electrons. The predicted molar refractivity (Wildman–Crippen MR) is 40.2 cm³/mol. The SMILES string of the molecule is CC1=NCC2(C)CC2(C)O1. The standard InChI is InChI=1S/C8H13NO/c1-6-9-5-7(2)4-8(7,3)10-6/h4-5H2,1-3H3. The van der Waals surface area contributed by atoms with Crippen molar-refractivity contribution in [1.29, 1.82) is 0 Å². The van der Waals surface area contributed by atoms with Gasteiger partial charge in [0.05, 0.1) is 6.54 Å². The monoisotopic (exact) mass is 139 g/mol. The number of hydrogen-bond donors (Lipinski definition) is 0. The van der Waals surface area contributed by atoms with Gasteiger partial charge in [-0.15, -0.1) is 0 Å². The highest BCUT2D eigenvalue weighted by Crippen LogP contribution is 2.60. The third kappa shape index (κ3) is 0.568. The van der Waals surface area contributed by atoms with E-state index in [-0.39, 0.29) is 5.60 Å². The molecule has 0 N–H and O–H groups in total. The number of fused-ring (bicyclic) bond motifs is 1. The van der Waals surface area contributed by atoms with E-state index in [4.69, 9.17) is 4.74 Å². The van der Waals surface area contributed by atoms with Crippen molar-refractivity contribution in [3.05, 3.63) is 0 Å². The summed E-state index contributed by atoms with van der Waals surface area (Å²) in [6.07, 6.45) is 1.17. The van der Waals surface area contributed by atoms with Gasteiger partial charge in [-0.2, -0.15) is 0 Å². The number of aliphatic imine (C=N–C) groups is 1. The van der Waals surface area contributed by atoms with E-state index in [1.807, 2.05) is 6.92 Å². The van der Waals surface area contributed by atoms with Gasteiger partial charge in [-0.3, -0.25) is 4.99 Å². The molecule has 0 aromatic carbocycles. The van der Waals surface area contributed by atoms with Gasteiger partial charge in [0.2, 0.25) is 0 Å². The Morgan fingerprint density at radius 2 is 2.20 bits per heavy atom. The van der Waals surface area contributed by atoms with Crippen molar-refractivity contribution in [3.8, 4) is 0 Å². The molecule has 2 aliphatic rings. The third-order valence-electron chi connectivity index (χ3n) is 2.90. The lowest BCUT2D eigenvalue weighted by Gasteiger charge is -2.23. The minimum absolute atomic E-state index is 0.124. The number of ether oxygens (including phenoxy) is 1. The number of nitrogens with zero attached hydrogens (tertiary/aromatic N) is 1. The Morgan fingerprint density at radius 1 is 1.50 bits per heavy atom. The summed E-state index contributed by atoms with van der Waals surface area (Å²) in [4.78, 5) is 4.26. The topological polar surface area (TPSA) is 21.6 Å². The highest BCUT2D eigenvalue weighted by atomic mass is 16.5. The van der Waals surface area contributed by atoms with E-state index in [1.54, 1.807) is 0 Å². The highest BCUT2D eigenvalue weighted by molar-refractivity contribution is 5.75. The molecule has 0 amide bonds. The second-order valence-electron chi connectivity index (χ2n) is 3.91. The van der Waals surface area contributed by atoms with Crippen molar-refractivity contribution >= 4 is 5.90 Å². The van der Waals surface area contributed by atoms with Crippen LogP contribution in [0.5, 0.6) is 0 Å². The minimum Gasteiger partial charge on any atom is -0.474 e. The summed E-state index contributed by atoms with van der Waals surface area (Å²) >= 11 is 0. The van der Waals surface area contributed by atoms with E-state index >= 15 is 0 Å². The fraction of sp³-hybridized carbons (Fsp3) is 0.875. The lowest BCUT2D eigenvalue weighted by molar-refractivity contribution is 0.124. The molecule has 0 bridgehead atoms. The van der Waals surface area contributed by atoms with Gasteiger partial charge >= 0.3 is 0 Å². The fourth-order valence-corrected chi connectivity index (χ4v) is 1.73. The van der Waals surface area contributed by atoms with Gasteiger partial charge in [0.25, 0.3) is 0 Å². The molecule has 2 rings (SSSR count). The van der Waals surface area contributed by atoms with Crippen molar-refractivity contribution < 1.29 is 4.74 Å². The van der Waals surface area contributed by atoms with Crippen molar-refractivity contribution in [3.63, 3.8) is 0 Å². The Hall–Kier alpha value is -0.530. The van der Waals surface area contributed by atoms with Crippen LogP contribution in [0.15, 0.2) is 4.99 Å². The maximum atomic E-state index is 5.60. The summed E-state index contributed by atoms with van der Waals surface area (Å²) < 4.78 is 5.60. The molecule has 0 radical (unpaired) electrons. The van der Waals surface area contributed by atoms with Crippen LogP contribution in [0.25, 0.3) is 0 Å². The smallest absolute Gasteiger partial charge is 0.180 e. The summed E-state index contributed by atoms with van der Waals surface area (Å²) in [6.45, 7) is 7.30. The normalized spacial score (nSPS) is 50.9. The van der Waals surface area contributed by atoms with Crippen LogP contribution in [0.1, 0.15) is 27.2 Å². The zero-order valence-electron chi connectivity index (χ0n) is 6.77. The van der Waals surface area contributed by atoms with Crippen LogP contribution in [0.3, 0.4) is 0 Å². The summed E-state index contributed by atoms with van der Waals surface area (Å²) in [7, 11) is 0. The van der Waals surface area contributed by atoms with Crippen LogP contribution in [0, 0.1) is 5.41 Å². The van der Waals surface area contributed by atoms with E-state index in [2.05, 4.69) is 18.8 Å². The molecule has 2 heteroatoms. The Labute approximate surface area is 61.3 Å². The summed E-state index contributed by atoms with van der Waals surface area (Å²) in [6, 6.07) is 0. The first kappa shape index (κ1) is 6.20. The molecular formula is C8H13NO. The van der Waals surface area contributed by atoms with Crippen LogP contribution in [0.2, 0.25) is 0 Å². The Morgan fingerprint density at radius 3 is 2.70 bits per heavy atom. The van der Waals surface area contributed by atoms with Crippen LogP contribution >= 0.6 is 0 Å². The molecule has 1 aliphatic carbocycles. The molecule has 1 fully saturated rings. The van der Waals surface area contributed by atoms with Crippen LogP contribution < -0.4 is 0 Å². The maximum absolute atomic E-state index is 5.60. The van der Waals surface area contributed by atoms with Crippen molar-refractivity contribution in [1.82, 2.24) is 0 Å². The van der Waals surface area contributed by atoms with E-state index < -0.39 is 0 Å². The van der Waals surface area contributed by atoms with Gasteiger partial charge in [-0.1, -0.05) is 6.92 Å². The van der Waals surface area contributed by atoms with Crippen molar-refractivity contribution in [2.45, 2.75) is 32.8 Å². The van der Waals surface area contributed by atoms with Gasteiger partial charge in [-0.25, -0.2) is 0 Å². The van der Waals surface area contributed by atoms with E-state index in [9.17, 15) is 0 Å². The van der Waals surface area contributed by atoms with Crippen LogP contribution in [-0.4, -0.2) is 18.0 Å².